The quantitative estimate of drug-likeness (QED) is 0.302. The standard InChI is InChI=1S/C22H32N6O7/c1-5-33-20(31)12(27-21(32)35-22(2,3)4)8-6-7-9-13-15(29)16(30)19(34-13)28-11-26-14-17(23)24-10-25-18(14)28/h7,9-13,15-16,19,29-30H,5-6,8H2,1-4H3,(H,27,32)(H2,23,24,25)/b9-7+/t12?,13-,15-,16-,19-/m1/s1. The fraction of sp³-hybridized carbons (Fsp3) is 0.591. The first-order valence-electron chi connectivity index (χ1n) is 11.3. The molecule has 13 heteroatoms. The Balaban J connectivity index is 1.62. The Hall–Kier alpha value is -3.29. The van der Waals surface area contributed by atoms with Gasteiger partial charge in [0.05, 0.1) is 12.9 Å². The zero-order valence-electron chi connectivity index (χ0n) is 20.1. The average molecular weight is 493 g/mol. The van der Waals surface area contributed by atoms with E-state index in [1.165, 1.54) is 17.2 Å². The van der Waals surface area contributed by atoms with Gasteiger partial charge in [-0.05, 0) is 40.5 Å². The molecule has 5 atom stereocenters. The topological polar surface area (TPSA) is 184 Å². The van der Waals surface area contributed by atoms with Gasteiger partial charge in [0.1, 0.15) is 41.8 Å². The van der Waals surface area contributed by atoms with Gasteiger partial charge < -0.3 is 35.5 Å². The number of esters is 1. The second kappa shape index (κ2) is 11.0. The number of aromatic nitrogens is 4. The van der Waals surface area contributed by atoms with Crippen molar-refractivity contribution < 1.29 is 34.0 Å². The number of nitrogens with zero attached hydrogens (tertiary/aromatic N) is 4. The van der Waals surface area contributed by atoms with E-state index in [9.17, 15) is 19.8 Å². The Morgan fingerprint density at radius 1 is 1.29 bits per heavy atom. The summed E-state index contributed by atoms with van der Waals surface area (Å²) >= 11 is 0. The van der Waals surface area contributed by atoms with Crippen LogP contribution in [-0.2, 0) is 19.0 Å². The number of nitrogens with two attached hydrogens (primary N) is 1. The zero-order valence-corrected chi connectivity index (χ0v) is 20.1. The molecule has 5 N–H and O–H groups in total. The molecular formula is C22H32N6O7. The number of anilines is 1. The highest BCUT2D eigenvalue weighted by Gasteiger charge is 2.43. The van der Waals surface area contributed by atoms with Gasteiger partial charge in [0, 0.05) is 0 Å². The van der Waals surface area contributed by atoms with Gasteiger partial charge >= 0.3 is 12.1 Å². The van der Waals surface area contributed by atoms with Crippen molar-refractivity contribution in [3.63, 3.8) is 0 Å². The van der Waals surface area contributed by atoms with Crippen LogP contribution in [0.5, 0.6) is 0 Å². The number of imidazole rings is 1. The number of fused-ring (bicyclic) bond motifs is 1. The minimum Gasteiger partial charge on any atom is -0.464 e. The number of carbonyl (C=O) groups is 2. The van der Waals surface area contributed by atoms with Crippen molar-refractivity contribution in [2.75, 3.05) is 12.3 Å². The molecule has 0 saturated carbocycles. The lowest BCUT2D eigenvalue weighted by molar-refractivity contribution is -0.145. The largest absolute Gasteiger partial charge is 0.464 e. The highest BCUT2D eigenvalue weighted by molar-refractivity contribution is 5.82. The van der Waals surface area contributed by atoms with Crippen LogP contribution < -0.4 is 11.1 Å². The molecule has 2 aromatic rings. The van der Waals surface area contributed by atoms with Crippen LogP contribution in [0.3, 0.4) is 0 Å². The molecule has 0 bridgehead atoms. The second-order valence-corrected chi connectivity index (χ2v) is 9.01. The Bertz CT molecular complexity index is 1070. The van der Waals surface area contributed by atoms with Crippen LogP contribution in [0.1, 0.15) is 46.8 Å². The van der Waals surface area contributed by atoms with Crippen molar-refractivity contribution in [2.45, 2.75) is 76.7 Å². The molecule has 1 unspecified atom stereocenters. The van der Waals surface area contributed by atoms with E-state index in [0.29, 0.717) is 17.6 Å². The van der Waals surface area contributed by atoms with Gasteiger partial charge in [0.2, 0.25) is 0 Å². The SMILES string of the molecule is CCOC(=O)C(CC/C=C/[C@H]1O[C@@H](n2cnc3c(N)ncnc32)[C@H](O)[C@@H]1O)NC(=O)OC(C)(C)C. The summed E-state index contributed by atoms with van der Waals surface area (Å²) in [7, 11) is 0. The van der Waals surface area contributed by atoms with Crippen molar-refractivity contribution in [3.05, 3.63) is 24.8 Å². The van der Waals surface area contributed by atoms with E-state index < -0.39 is 48.2 Å². The normalized spacial score (nSPS) is 23.5. The summed E-state index contributed by atoms with van der Waals surface area (Å²) in [5, 5.41) is 23.6. The number of aliphatic hydroxyl groups is 2. The van der Waals surface area contributed by atoms with Gasteiger partial charge in [-0.2, -0.15) is 0 Å². The van der Waals surface area contributed by atoms with Crippen LogP contribution in [0.2, 0.25) is 0 Å². The minimum absolute atomic E-state index is 0.169. The Morgan fingerprint density at radius 2 is 2.03 bits per heavy atom. The third-order valence-corrected chi connectivity index (χ3v) is 5.15. The molecule has 1 amide bonds. The molecule has 1 aliphatic rings. The van der Waals surface area contributed by atoms with Gasteiger partial charge in [-0.3, -0.25) is 4.57 Å². The number of rotatable bonds is 8. The summed E-state index contributed by atoms with van der Waals surface area (Å²) in [6.45, 7) is 7.00. The van der Waals surface area contributed by atoms with Crippen molar-refractivity contribution in [3.8, 4) is 0 Å². The zero-order chi connectivity index (χ0) is 25.8. The highest BCUT2D eigenvalue weighted by atomic mass is 16.6. The van der Waals surface area contributed by atoms with Crippen LogP contribution in [0.4, 0.5) is 10.6 Å². The lowest BCUT2D eigenvalue weighted by atomic mass is 10.1. The van der Waals surface area contributed by atoms with E-state index in [4.69, 9.17) is 19.9 Å². The molecule has 0 spiro atoms. The van der Waals surface area contributed by atoms with E-state index in [0.717, 1.165) is 0 Å². The fourth-order valence-corrected chi connectivity index (χ4v) is 3.57. The molecule has 0 radical (unpaired) electrons. The summed E-state index contributed by atoms with van der Waals surface area (Å²) in [5.41, 5.74) is 5.82. The second-order valence-electron chi connectivity index (χ2n) is 9.01. The number of alkyl carbamates (subject to hydrolysis) is 1. The van der Waals surface area contributed by atoms with Gasteiger partial charge in [0.25, 0.3) is 0 Å². The molecule has 13 nitrogen and oxygen atoms in total. The first-order chi connectivity index (χ1) is 16.5. The molecule has 192 valence electrons. The van der Waals surface area contributed by atoms with Crippen LogP contribution in [0.15, 0.2) is 24.8 Å². The van der Waals surface area contributed by atoms with E-state index in [1.54, 1.807) is 39.8 Å². The van der Waals surface area contributed by atoms with Crippen molar-refractivity contribution >= 4 is 29.0 Å². The van der Waals surface area contributed by atoms with Gasteiger partial charge in [-0.15, -0.1) is 0 Å². The predicted octanol–water partition coefficient (Wildman–Crippen LogP) is 0.820. The van der Waals surface area contributed by atoms with Crippen molar-refractivity contribution in [1.29, 1.82) is 0 Å². The number of nitrogens with one attached hydrogen (secondary N) is 1. The van der Waals surface area contributed by atoms with Gasteiger partial charge in [-0.25, -0.2) is 24.5 Å². The molecule has 1 saturated heterocycles. The molecule has 0 aliphatic carbocycles. The summed E-state index contributed by atoms with van der Waals surface area (Å²) in [5.74, 6) is -0.387. The monoisotopic (exact) mass is 492 g/mol. The number of hydrogen-bond acceptors (Lipinski definition) is 11. The number of nitrogen functional groups attached to an aromatic ring is 1. The minimum atomic E-state index is -1.25. The number of allylic oxidation sites excluding steroid dienone is 1. The molecule has 2 aromatic heterocycles. The van der Waals surface area contributed by atoms with Crippen molar-refractivity contribution in [2.24, 2.45) is 0 Å². The van der Waals surface area contributed by atoms with E-state index in [1.807, 2.05) is 0 Å². The predicted molar refractivity (Wildman–Crippen MR) is 124 cm³/mol. The number of carbonyl (C=O) groups excluding carboxylic acids is 2. The summed E-state index contributed by atoms with van der Waals surface area (Å²) < 4.78 is 17.6. The maximum Gasteiger partial charge on any atom is 0.408 e. The lowest BCUT2D eigenvalue weighted by Crippen LogP contribution is -2.44. The molecule has 1 fully saturated rings. The number of aliphatic hydroxyl groups excluding tert-OH is 2. The number of ether oxygens (including phenoxy) is 3. The fourth-order valence-electron chi connectivity index (χ4n) is 3.57. The third kappa shape index (κ3) is 6.44. The average Bonchev–Trinajstić information content (AvgIpc) is 3.32. The maximum absolute atomic E-state index is 12.3. The van der Waals surface area contributed by atoms with Gasteiger partial charge in [-0.1, -0.05) is 12.2 Å². The smallest absolute Gasteiger partial charge is 0.408 e. The number of amides is 1. The van der Waals surface area contributed by atoms with Crippen LogP contribution >= 0.6 is 0 Å². The van der Waals surface area contributed by atoms with E-state index in [2.05, 4.69) is 20.3 Å². The Morgan fingerprint density at radius 3 is 2.71 bits per heavy atom. The van der Waals surface area contributed by atoms with Crippen LogP contribution in [0.25, 0.3) is 11.2 Å². The van der Waals surface area contributed by atoms with Crippen LogP contribution in [-0.4, -0.2) is 78.4 Å². The van der Waals surface area contributed by atoms with Crippen molar-refractivity contribution in [1.82, 2.24) is 24.8 Å². The molecule has 0 aromatic carbocycles. The molecule has 35 heavy (non-hydrogen) atoms. The van der Waals surface area contributed by atoms with Gasteiger partial charge in [0.15, 0.2) is 17.7 Å². The lowest BCUT2D eigenvalue weighted by Gasteiger charge is -2.22. The summed E-state index contributed by atoms with van der Waals surface area (Å²) in [4.78, 5) is 36.5. The maximum atomic E-state index is 12.3. The Kier molecular flexibility index (Phi) is 8.25. The first-order valence-corrected chi connectivity index (χ1v) is 11.3. The first kappa shape index (κ1) is 26.3. The highest BCUT2D eigenvalue weighted by Crippen LogP contribution is 2.32. The molecule has 1 aliphatic heterocycles. The molecule has 3 rings (SSSR count). The summed E-state index contributed by atoms with van der Waals surface area (Å²) in [6, 6.07) is -0.912. The number of hydrogen-bond donors (Lipinski definition) is 4. The van der Waals surface area contributed by atoms with E-state index in [-0.39, 0.29) is 18.8 Å². The van der Waals surface area contributed by atoms with E-state index >= 15 is 0 Å². The van der Waals surface area contributed by atoms with Crippen LogP contribution in [0, 0.1) is 0 Å². The molecular weight excluding hydrogens is 460 g/mol. The third-order valence-electron chi connectivity index (χ3n) is 5.15. The Labute approximate surface area is 202 Å². The summed E-state index contributed by atoms with van der Waals surface area (Å²) in [6.07, 6.45) is 1.59. The molecule has 3 heterocycles.